The molecule has 0 aromatic heterocycles. The van der Waals surface area contributed by atoms with E-state index in [-0.39, 0.29) is 23.9 Å². The van der Waals surface area contributed by atoms with Gasteiger partial charge in [-0.3, -0.25) is 4.79 Å². The van der Waals surface area contributed by atoms with Gasteiger partial charge in [-0.05, 0) is 65.5 Å². The van der Waals surface area contributed by atoms with Crippen molar-refractivity contribution in [2.75, 3.05) is 26.2 Å². The highest BCUT2D eigenvalue weighted by atomic mass is 16.2. The topological polar surface area (TPSA) is 64.7 Å². The lowest BCUT2D eigenvalue weighted by Gasteiger charge is -2.36. The Kier molecular flexibility index (Phi) is 7.39. The van der Waals surface area contributed by atoms with E-state index >= 15 is 0 Å². The van der Waals surface area contributed by atoms with E-state index in [0.29, 0.717) is 12.1 Å². The monoisotopic (exact) mass is 378 g/mol. The van der Waals surface area contributed by atoms with Gasteiger partial charge in [-0.1, -0.05) is 19.3 Å². The molecule has 3 rings (SSSR count). The Labute approximate surface area is 164 Å². The number of carbonyl (C=O) groups excluding carboxylic acids is 2. The van der Waals surface area contributed by atoms with Crippen molar-refractivity contribution in [2.45, 2.75) is 89.8 Å². The fraction of sp³-hybridized carbons (Fsp3) is 0.905. The van der Waals surface area contributed by atoms with Gasteiger partial charge in [-0.15, -0.1) is 0 Å². The molecule has 6 heteroatoms. The number of piperidine rings is 2. The van der Waals surface area contributed by atoms with Crippen molar-refractivity contribution < 1.29 is 9.59 Å². The number of carbonyl (C=O) groups is 2. The zero-order valence-electron chi connectivity index (χ0n) is 17.2. The van der Waals surface area contributed by atoms with Gasteiger partial charge in [-0.2, -0.15) is 0 Å². The third-order valence-corrected chi connectivity index (χ3v) is 6.69. The lowest BCUT2D eigenvalue weighted by molar-refractivity contribution is -0.127. The molecule has 0 spiro atoms. The van der Waals surface area contributed by atoms with Crippen LogP contribution >= 0.6 is 0 Å². The molecule has 2 N–H and O–H groups in total. The Hall–Kier alpha value is -1.30. The molecule has 3 aliphatic rings. The molecule has 0 atom stereocenters. The normalized spacial score (nSPS) is 24.2. The highest BCUT2D eigenvalue weighted by Crippen LogP contribution is 2.21. The maximum atomic E-state index is 12.6. The van der Waals surface area contributed by atoms with Crippen LogP contribution in [0.4, 0.5) is 4.79 Å². The van der Waals surface area contributed by atoms with Gasteiger partial charge in [0.1, 0.15) is 0 Å². The Morgan fingerprint density at radius 3 is 1.96 bits per heavy atom. The summed E-state index contributed by atoms with van der Waals surface area (Å²) in [6, 6.07) is 1.24. The number of rotatable bonds is 4. The maximum Gasteiger partial charge on any atom is 0.317 e. The molecule has 0 bridgehead atoms. The first-order valence-electron chi connectivity index (χ1n) is 11.1. The summed E-state index contributed by atoms with van der Waals surface area (Å²) >= 11 is 0. The number of hydrogen-bond donors (Lipinski definition) is 2. The lowest BCUT2D eigenvalue weighted by atomic mass is 9.94. The fourth-order valence-corrected chi connectivity index (χ4v) is 4.74. The van der Waals surface area contributed by atoms with Crippen LogP contribution in [-0.2, 0) is 4.79 Å². The standard InChI is InChI=1S/C21H38N4O2/c1-16(2)24-12-8-17(9-13-24)20(26)22-19-10-14-25(15-11-19)21(27)23-18-6-4-3-5-7-18/h16-19H,3-15H2,1-2H3,(H,22,26)(H,23,27). The van der Waals surface area contributed by atoms with Crippen LogP contribution in [0.5, 0.6) is 0 Å². The molecule has 3 fully saturated rings. The number of hydrogen-bond acceptors (Lipinski definition) is 3. The molecule has 0 aromatic carbocycles. The Balaban J connectivity index is 1.35. The first kappa shape index (κ1) is 20.4. The van der Waals surface area contributed by atoms with E-state index in [2.05, 4.69) is 29.4 Å². The van der Waals surface area contributed by atoms with Crippen LogP contribution in [-0.4, -0.2) is 66.0 Å². The Bertz CT molecular complexity index is 488. The van der Waals surface area contributed by atoms with Gasteiger partial charge in [0.2, 0.25) is 5.91 Å². The summed E-state index contributed by atoms with van der Waals surface area (Å²) in [5, 5.41) is 6.46. The second-order valence-corrected chi connectivity index (χ2v) is 8.96. The zero-order chi connectivity index (χ0) is 19.2. The molecule has 1 aliphatic carbocycles. The number of amides is 3. The van der Waals surface area contributed by atoms with Crippen LogP contribution in [0.25, 0.3) is 0 Å². The first-order valence-corrected chi connectivity index (χ1v) is 11.1. The third-order valence-electron chi connectivity index (χ3n) is 6.69. The number of likely N-dealkylation sites (tertiary alicyclic amines) is 2. The number of nitrogens with zero attached hydrogens (tertiary/aromatic N) is 2. The molecule has 0 radical (unpaired) electrons. The minimum absolute atomic E-state index is 0.0905. The van der Waals surface area contributed by atoms with Gasteiger partial charge in [0.15, 0.2) is 0 Å². The van der Waals surface area contributed by atoms with Gasteiger partial charge >= 0.3 is 6.03 Å². The summed E-state index contributed by atoms with van der Waals surface area (Å²) in [5.41, 5.74) is 0. The quantitative estimate of drug-likeness (QED) is 0.791. The van der Waals surface area contributed by atoms with Crippen LogP contribution in [0.15, 0.2) is 0 Å². The summed E-state index contributed by atoms with van der Waals surface area (Å²) < 4.78 is 0. The number of urea groups is 1. The smallest absolute Gasteiger partial charge is 0.317 e. The molecule has 154 valence electrons. The minimum atomic E-state index is 0.0905. The van der Waals surface area contributed by atoms with Crippen molar-refractivity contribution in [2.24, 2.45) is 5.92 Å². The van der Waals surface area contributed by atoms with Crippen LogP contribution < -0.4 is 10.6 Å². The van der Waals surface area contributed by atoms with Crippen LogP contribution in [0.1, 0.15) is 71.6 Å². The van der Waals surface area contributed by atoms with Crippen molar-refractivity contribution in [3.05, 3.63) is 0 Å². The highest BCUT2D eigenvalue weighted by Gasteiger charge is 2.30. The third kappa shape index (κ3) is 5.84. The maximum absolute atomic E-state index is 12.6. The van der Waals surface area contributed by atoms with Gasteiger partial charge in [0.05, 0.1) is 0 Å². The van der Waals surface area contributed by atoms with Crippen molar-refractivity contribution in [1.82, 2.24) is 20.4 Å². The van der Waals surface area contributed by atoms with E-state index in [0.717, 1.165) is 64.7 Å². The minimum Gasteiger partial charge on any atom is -0.353 e. The fourth-order valence-electron chi connectivity index (χ4n) is 4.74. The second-order valence-electron chi connectivity index (χ2n) is 8.96. The molecule has 6 nitrogen and oxygen atoms in total. The highest BCUT2D eigenvalue weighted by molar-refractivity contribution is 5.79. The van der Waals surface area contributed by atoms with Gasteiger partial charge in [0, 0.05) is 37.1 Å². The van der Waals surface area contributed by atoms with Crippen LogP contribution in [0, 0.1) is 5.92 Å². The summed E-state index contributed by atoms with van der Waals surface area (Å²) in [7, 11) is 0. The van der Waals surface area contributed by atoms with Crippen molar-refractivity contribution in [3.8, 4) is 0 Å². The van der Waals surface area contributed by atoms with Gasteiger partial charge in [0.25, 0.3) is 0 Å². The van der Waals surface area contributed by atoms with E-state index in [1.165, 1.54) is 19.3 Å². The molecule has 2 saturated heterocycles. The Morgan fingerprint density at radius 2 is 1.37 bits per heavy atom. The number of nitrogens with one attached hydrogen (secondary N) is 2. The summed E-state index contributed by atoms with van der Waals surface area (Å²) in [4.78, 5) is 29.4. The lowest BCUT2D eigenvalue weighted by Crippen LogP contribution is -2.52. The molecule has 0 unspecified atom stereocenters. The molecular formula is C21H38N4O2. The van der Waals surface area contributed by atoms with E-state index in [1.807, 2.05) is 4.90 Å². The SMILES string of the molecule is CC(C)N1CCC(C(=O)NC2CCN(C(=O)NC3CCCCC3)CC2)CC1. The van der Waals surface area contributed by atoms with Crippen molar-refractivity contribution in [1.29, 1.82) is 0 Å². The largest absolute Gasteiger partial charge is 0.353 e. The van der Waals surface area contributed by atoms with E-state index in [4.69, 9.17) is 0 Å². The molecule has 1 saturated carbocycles. The molecule has 3 amide bonds. The summed E-state index contributed by atoms with van der Waals surface area (Å²) in [5.74, 6) is 0.385. The molecule has 2 heterocycles. The molecule has 27 heavy (non-hydrogen) atoms. The summed E-state index contributed by atoms with van der Waals surface area (Å²) in [6.45, 7) is 7.98. The van der Waals surface area contributed by atoms with Crippen molar-refractivity contribution >= 4 is 11.9 Å². The first-order chi connectivity index (χ1) is 13.0. The summed E-state index contributed by atoms with van der Waals surface area (Å²) in [6.07, 6.45) is 9.67. The van der Waals surface area contributed by atoms with E-state index < -0.39 is 0 Å². The second kappa shape index (κ2) is 9.76. The molecule has 0 aromatic rings. The zero-order valence-corrected chi connectivity index (χ0v) is 17.2. The van der Waals surface area contributed by atoms with E-state index in [9.17, 15) is 9.59 Å². The molecule has 2 aliphatic heterocycles. The van der Waals surface area contributed by atoms with Gasteiger partial charge in [-0.25, -0.2) is 4.79 Å². The van der Waals surface area contributed by atoms with E-state index in [1.54, 1.807) is 0 Å². The Morgan fingerprint density at radius 1 is 0.778 bits per heavy atom. The van der Waals surface area contributed by atoms with Crippen molar-refractivity contribution in [3.63, 3.8) is 0 Å². The van der Waals surface area contributed by atoms with Crippen LogP contribution in [0.2, 0.25) is 0 Å². The average molecular weight is 379 g/mol. The average Bonchev–Trinajstić information content (AvgIpc) is 2.69. The molecular weight excluding hydrogens is 340 g/mol. The predicted molar refractivity (Wildman–Crippen MR) is 108 cm³/mol. The predicted octanol–water partition coefficient (Wildman–Crippen LogP) is 2.73. The van der Waals surface area contributed by atoms with Gasteiger partial charge < -0.3 is 20.4 Å². The van der Waals surface area contributed by atoms with Crippen LogP contribution in [0.3, 0.4) is 0 Å².